The van der Waals surface area contributed by atoms with E-state index in [0.717, 1.165) is 0 Å². The zero-order valence-corrected chi connectivity index (χ0v) is 11.8. The lowest BCUT2D eigenvalue weighted by Gasteiger charge is -2.13. The van der Waals surface area contributed by atoms with Gasteiger partial charge in [-0.05, 0) is 42.8 Å². The molecule has 3 N–H and O–H groups in total. The highest BCUT2D eigenvalue weighted by molar-refractivity contribution is 6.39. The number of hydrogen-bond acceptors (Lipinski definition) is 4. The van der Waals surface area contributed by atoms with Crippen LogP contribution in [0.3, 0.4) is 0 Å². The number of nitrogens with one attached hydrogen (secondary N) is 2. The van der Waals surface area contributed by atoms with E-state index in [1.165, 1.54) is 24.5 Å². The highest BCUT2D eigenvalue weighted by Crippen LogP contribution is 2.14. The second-order valence-corrected chi connectivity index (χ2v) is 4.64. The number of amides is 2. The van der Waals surface area contributed by atoms with E-state index in [4.69, 9.17) is 4.42 Å². The summed E-state index contributed by atoms with van der Waals surface area (Å²) in [6.45, 7) is 1.13. The fourth-order valence-corrected chi connectivity index (χ4v) is 1.83. The Morgan fingerprint density at radius 3 is 2.68 bits per heavy atom. The van der Waals surface area contributed by atoms with Gasteiger partial charge < -0.3 is 20.2 Å². The highest BCUT2D eigenvalue weighted by Gasteiger charge is 2.21. The molecule has 1 aromatic carbocycles. The molecule has 0 bridgehead atoms. The molecule has 0 saturated heterocycles. The van der Waals surface area contributed by atoms with Crippen LogP contribution >= 0.6 is 0 Å². The summed E-state index contributed by atoms with van der Waals surface area (Å²) in [6, 6.07) is 6.32. The van der Waals surface area contributed by atoms with Crippen LogP contribution in [0, 0.1) is 12.7 Å². The number of benzene rings is 1. The SMILES string of the molecule is Cc1cc(NC(=O)C(=O)NC(CO)c2ccco2)ccc1F. The van der Waals surface area contributed by atoms with Gasteiger partial charge in [0.2, 0.25) is 0 Å². The van der Waals surface area contributed by atoms with E-state index < -0.39 is 30.3 Å². The van der Waals surface area contributed by atoms with E-state index in [2.05, 4.69) is 10.6 Å². The second-order valence-electron chi connectivity index (χ2n) is 4.64. The Morgan fingerprint density at radius 2 is 2.09 bits per heavy atom. The molecule has 1 aromatic heterocycles. The lowest BCUT2D eigenvalue weighted by Crippen LogP contribution is -2.38. The summed E-state index contributed by atoms with van der Waals surface area (Å²) >= 11 is 0. The van der Waals surface area contributed by atoms with Gasteiger partial charge in [-0.15, -0.1) is 0 Å². The van der Waals surface area contributed by atoms with E-state index in [-0.39, 0.29) is 0 Å². The van der Waals surface area contributed by atoms with Gasteiger partial charge in [0, 0.05) is 5.69 Å². The van der Waals surface area contributed by atoms with Crippen molar-refractivity contribution < 1.29 is 23.5 Å². The fourth-order valence-electron chi connectivity index (χ4n) is 1.83. The van der Waals surface area contributed by atoms with Crippen molar-refractivity contribution in [2.24, 2.45) is 0 Å². The lowest BCUT2D eigenvalue weighted by molar-refractivity contribution is -0.136. The zero-order valence-electron chi connectivity index (χ0n) is 11.8. The number of carbonyl (C=O) groups is 2. The first kappa shape index (κ1) is 15.7. The monoisotopic (exact) mass is 306 g/mol. The molecule has 0 aliphatic carbocycles. The topological polar surface area (TPSA) is 91.6 Å². The van der Waals surface area contributed by atoms with Crippen LogP contribution in [0.15, 0.2) is 41.0 Å². The Bertz CT molecular complexity index is 670. The highest BCUT2D eigenvalue weighted by atomic mass is 19.1. The van der Waals surface area contributed by atoms with Gasteiger partial charge in [-0.25, -0.2) is 4.39 Å². The van der Waals surface area contributed by atoms with E-state index in [1.54, 1.807) is 19.1 Å². The standard InChI is InChI=1S/C15H15FN2O4/c1-9-7-10(4-5-11(9)16)17-14(20)15(21)18-12(8-19)13-3-2-6-22-13/h2-7,12,19H,8H2,1H3,(H,17,20)(H,18,21). The quantitative estimate of drug-likeness (QED) is 0.747. The van der Waals surface area contributed by atoms with Gasteiger partial charge >= 0.3 is 11.8 Å². The van der Waals surface area contributed by atoms with Gasteiger partial charge in [0.1, 0.15) is 17.6 Å². The normalized spacial score (nSPS) is 11.8. The molecule has 1 unspecified atom stereocenters. The number of rotatable bonds is 4. The predicted octanol–water partition coefficient (Wildman–Crippen LogP) is 1.52. The van der Waals surface area contributed by atoms with Crippen molar-refractivity contribution >= 4 is 17.5 Å². The number of furan rings is 1. The predicted molar refractivity (Wildman–Crippen MR) is 76.4 cm³/mol. The molecule has 7 heteroatoms. The Morgan fingerprint density at radius 1 is 1.32 bits per heavy atom. The van der Waals surface area contributed by atoms with Gasteiger partial charge in [0.05, 0.1) is 12.9 Å². The summed E-state index contributed by atoms with van der Waals surface area (Å²) in [4.78, 5) is 23.6. The number of anilines is 1. The first-order valence-corrected chi connectivity index (χ1v) is 6.53. The lowest BCUT2D eigenvalue weighted by atomic mass is 10.2. The molecule has 1 heterocycles. The van der Waals surface area contributed by atoms with Crippen LogP contribution in [-0.2, 0) is 9.59 Å². The first-order chi connectivity index (χ1) is 10.5. The Kier molecular flexibility index (Phi) is 4.90. The van der Waals surface area contributed by atoms with E-state index in [9.17, 15) is 19.1 Å². The third kappa shape index (κ3) is 3.70. The molecule has 0 radical (unpaired) electrons. The molecular formula is C15H15FN2O4. The van der Waals surface area contributed by atoms with Crippen LogP contribution in [0.4, 0.5) is 10.1 Å². The van der Waals surface area contributed by atoms with Crippen LogP contribution in [0.5, 0.6) is 0 Å². The average molecular weight is 306 g/mol. The summed E-state index contributed by atoms with van der Waals surface area (Å²) in [7, 11) is 0. The van der Waals surface area contributed by atoms with Crippen molar-refractivity contribution in [2.45, 2.75) is 13.0 Å². The Balaban J connectivity index is 1.99. The maximum Gasteiger partial charge on any atom is 0.313 e. The van der Waals surface area contributed by atoms with E-state index >= 15 is 0 Å². The number of carbonyl (C=O) groups excluding carboxylic acids is 2. The Hall–Kier alpha value is -2.67. The maximum atomic E-state index is 13.1. The average Bonchev–Trinajstić information content (AvgIpc) is 3.02. The van der Waals surface area contributed by atoms with Crippen molar-refractivity contribution in [3.8, 4) is 0 Å². The summed E-state index contributed by atoms with van der Waals surface area (Å²) in [5.41, 5.74) is 0.652. The van der Waals surface area contributed by atoms with E-state index in [0.29, 0.717) is 17.0 Å². The van der Waals surface area contributed by atoms with Gasteiger partial charge in [-0.2, -0.15) is 0 Å². The smallest absolute Gasteiger partial charge is 0.313 e. The molecule has 2 amide bonds. The third-order valence-electron chi connectivity index (χ3n) is 3.00. The molecule has 0 fully saturated rings. The van der Waals surface area contributed by atoms with Crippen LogP contribution in [0.25, 0.3) is 0 Å². The van der Waals surface area contributed by atoms with Crippen LogP contribution < -0.4 is 10.6 Å². The molecular weight excluding hydrogens is 291 g/mol. The van der Waals surface area contributed by atoms with Gasteiger partial charge in [0.25, 0.3) is 0 Å². The molecule has 116 valence electrons. The number of halogens is 1. The maximum absolute atomic E-state index is 13.1. The molecule has 6 nitrogen and oxygen atoms in total. The van der Waals surface area contributed by atoms with Gasteiger partial charge in [-0.1, -0.05) is 0 Å². The molecule has 0 aliphatic rings. The van der Waals surface area contributed by atoms with E-state index in [1.807, 2.05) is 0 Å². The fraction of sp³-hybridized carbons (Fsp3) is 0.200. The van der Waals surface area contributed by atoms with Crippen LogP contribution in [0.1, 0.15) is 17.4 Å². The number of aliphatic hydroxyl groups excluding tert-OH is 1. The number of hydrogen-bond donors (Lipinski definition) is 3. The largest absolute Gasteiger partial charge is 0.467 e. The zero-order chi connectivity index (χ0) is 16.1. The molecule has 0 saturated carbocycles. The van der Waals surface area contributed by atoms with Gasteiger partial charge in [0.15, 0.2) is 0 Å². The van der Waals surface area contributed by atoms with Crippen molar-refractivity contribution in [3.05, 3.63) is 53.7 Å². The van der Waals surface area contributed by atoms with Crippen molar-refractivity contribution in [1.82, 2.24) is 5.32 Å². The van der Waals surface area contributed by atoms with Gasteiger partial charge in [-0.3, -0.25) is 9.59 Å². The summed E-state index contributed by atoms with van der Waals surface area (Å²) < 4.78 is 18.2. The summed E-state index contributed by atoms with van der Waals surface area (Å²) in [5.74, 6) is -1.92. The molecule has 0 aliphatic heterocycles. The third-order valence-corrected chi connectivity index (χ3v) is 3.00. The molecule has 2 aromatic rings. The molecule has 1 atom stereocenters. The second kappa shape index (κ2) is 6.86. The first-order valence-electron chi connectivity index (χ1n) is 6.53. The summed E-state index contributed by atoms with van der Waals surface area (Å²) in [6.07, 6.45) is 1.39. The van der Waals surface area contributed by atoms with Crippen molar-refractivity contribution in [3.63, 3.8) is 0 Å². The van der Waals surface area contributed by atoms with Crippen molar-refractivity contribution in [2.75, 3.05) is 11.9 Å². The molecule has 2 rings (SSSR count). The number of aryl methyl sites for hydroxylation is 1. The number of aliphatic hydroxyl groups is 1. The van der Waals surface area contributed by atoms with Crippen LogP contribution in [0.2, 0.25) is 0 Å². The van der Waals surface area contributed by atoms with Crippen molar-refractivity contribution in [1.29, 1.82) is 0 Å². The van der Waals surface area contributed by atoms with Crippen LogP contribution in [-0.4, -0.2) is 23.5 Å². The Labute approximate surface area is 125 Å². The molecule has 22 heavy (non-hydrogen) atoms. The minimum Gasteiger partial charge on any atom is -0.467 e. The minimum atomic E-state index is -0.933. The minimum absolute atomic E-state index is 0.303. The summed E-state index contributed by atoms with van der Waals surface area (Å²) in [5, 5.41) is 13.9. The molecule has 0 spiro atoms.